The highest BCUT2D eigenvalue weighted by Crippen LogP contribution is 2.30. The Morgan fingerprint density at radius 2 is 2.00 bits per heavy atom. The van der Waals surface area contributed by atoms with E-state index in [0.717, 1.165) is 11.0 Å². The van der Waals surface area contributed by atoms with Crippen LogP contribution in [-0.2, 0) is 6.54 Å². The minimum absolute atomic E-state index is 0.0320. The topological polar surface area (TPSA) is 20.7 Å². The van der Waals surface area contributed by atoms with Crippen molar-refractivity contribution < 1.29 is 13.2 Å². The Labute approximate surface area is 105 Å². The van der Waals surface area contributed by atoms with E-state index in [9.17, 15) is 13.2 Å². The van der Waals surface area contributed by atoms with Gasteiger partial charge in [-0.25, -0.2) is 0 Å². The Balaban J connectivity index is 2.19. The number of para-hydroxylation sites is 2. The van der Waals surface area contributed by atoms with Crippen LogP contribution in [0.15, 0.2) is 24.3 Å². The van der Waals surface area contributed by atoms with Crippen molar-refractivity contribution in [3.05, 3.63) is 29.0 Å². The van der Waals surface area contributed by atoms with Crippen molar-refractivity contribution in [2.24, 2.45) is 0 Å². The highest BCUT2D eigenvalue weighted by molar-refractivity contribution is 8.00. The molecule has 2 nitrogen and oxygen atoms in total. The van der Waals surface area contributed by atoms with Gasteiger partial charge in [-0.15, -0.1) is 0 Å². The number of nitrogens with zero attached hydrogens (tertiary/aromatic N) is 1. The number of halogens is 3. The van der Waals surface area contributed by atoms with Gasteiger partial charge < -0.3 is 9.55 Å². The van der Waals surface area contributed by atoms with Gasteiger partial charge >= 0.3 is 5.51 Å². The number of thioether (sulfide) groups is 1. The number of nitrogens with one attached hydrogen (secondary N) is 1. The van der Waals surface area contributed by atoms with Gasteiger partial charge in [0.2, 0.25) is 0 Å². The van der Waals surface area contributed by atoms with Crippen LogP contribution in [0.4, 0.5) is 13.2 Å². The average Bonchev–Trinajstić information content (AvgIpc) is 2.54. The molecular formula is C10H9F3N2S2. The first-order valence-electron chi connectivity index (χ1n) is 4.85. The molecule has 1 aromatic carbocycles. The van der Waals surface area contributed by atoms with Gasteiger partial charge in [-0.05, 0) is 36.1 Å². The minimum Gasteiger partial charge on any atom is -0.331 e. The predicted molar refractivity (Wildman–Crippen MR) is 65.6 cm³/mol. The van der Waals surface area contributed by atoms with Crippen LogP contribution in [0, 0.1) is 4.77 Å². The first-order chi connectivity index (χ1) is 7.97. The Bertz CT molecular complexity index is 571. The van der Waals surface area contributed by atoms with Crippen molar-refractivity contribution >= 4 is 35.0 Å². The first kappa shape index (κ1) is 12.5. The third kappa shape index (κ3) is 3.04. The van der Waals surface area contributed by atoms with Crippen LogP contribution in [0.2, 0.25) is 0 Å². The van der Waals surface area contributed by atoms with Crippen LogP contribution in [0.3, 0.4) is 0 Å². The number of hydrogen-bond donors (Lipinski definition) is 1. The molecule has 1 heterocycles. The molecule has 92 valence electrons. The Kier molecular flexibility index (Phi) is 3.48. The summed E-state index contributed by atoms with van der Waals surface area (Å²) < 4.78 is 38.2. The molecular weight excluding hydrogens is 269 g/mol. The summed E-state index contributed by atoms with van der Waals surface area (Å²) in [4.78, 5) is 2.96. The lowest BCUT2D eigenvalue weighted by Gasteiger charge is -2.06. The van der Waals surface area contributed by atoms with Crippen molar-refractivity contribution in [2.45, 2.75) is 12.1 Å². The fraction of sp³-hybridized carbons (Fsp3) is 0.300. The van der Waals surface area contributed by atoms with Crippen molar-refractivity contribution in [3.63, 3.8) is 0 Å². The van der Waals surface area contributed by atoms with Crippen molar-refractivity contribution in [1.82, 2.24) is 9.55 Å². The normalized spacial score (nSPS) is 12.2. The average molecular weight is 278 g/mol. The highest BCUT2D eigenvalue weighted by Gasteiger charge is 2.27. The van der Waals surface area contributed by atoms with E-state index in [2.05, 4.69) is 4.98 Å². The second-order valence-electron chi connectivity index (χ2n) is 3.39. The molecule has 2 aromatic rings. The molecule has 0 radical (unpaired) electrons. The molecule has 0 saturated carbocycles. The van der Waals surface area contributed by atoms with Crippen LogP contribution in [0.25, 0.3) is 11.0 Å². The van der Waals surface area contributed by atoms with Crippen LogP contribution < -0.4 is 0 Å². The summed E-state index contributed by atoms with van der Waals surface area (Å²) in [7, 11) is 0. The molecule has 0 saturated heterocycles. The summed E-state index contributed by atoms with van der Waals surface area (Å²) in [6, 6.07) is 7.36. The zero-order valence-corrected chi connectivity index (χ0v) is 10.3. The van der Waals surface area contributed by atoms with Gasteiger partial charge in [-0.3, -0.25) is 0 Å². The van der Waals surface area contributed by atoms with Gasteiger partial charge in [0.05, 0.1) is 11.0 Å². The number of aryl methyl sites for hydroxylation is 1. The standard InChI is InChI=1S/C10H9F3N2S2/c11-10(12,13)17-6-5-15-8-4-2-1-3-7(8)14-9(15)16/h1-4H,5-6H2,(H,14,16). The van der Waals surface area contributed by atoms with E-state index in [0.29, 0.717) is 4.77 Å². The molecule has 2 rings (SSSR count). The summed E-state index contributed by atoms with van der Waals surface area (Å²) in [5.41, 5.74) is -2.51. The van der Waals surface area contributed by atoms with E-state index >= 15 is 0 Å². The maximum absolute atomic E-state index is 12.0. The van der Waals surface area contributed by atoms with E-state index in [-0.39, 0.29) is 24.1 Å². The molecule has 1 aromatic heterocycles. The fourth-order valence-corrected chi connectivity index (χ4v) is 2.39. The summed E-state index contributed by atoms with van der Waals surface area (Å²) in [6.45, 7) is 0.243. The third-order valence-electron chi connectivity index (χ3n) is 2.26. The number of alkyl halides is 3. The van der Waals surface area contributed by atoms with Gasteiger partial charge in [0.25, 0.3) is 0 Å². The van der Waals surface area contributed by atoms with Gasteiger partial charge in [0.15, 0.2) is 4.77 Å². The van der Waals surface area contributed by atoms with Crippen molar-refractivity contribution in [1.29, 1.82) is 0 Å². The highest BCUT2D eigenvalue weighted by atomic mass is 32.2. The first-order valence-corrected chi connectivity index (χ1v) is 6.25. The number of H-pyrrole nitrogens is 1. The maximum atomic E-state index is 12.0. The number of hydrogen-bond acceptors (Lipinski definition) is 2. The van der Waals surface area contributed by atoms with Crippen molar-refractivity contribution in [2.75, 3.05) is 5.75 Å². The van der Waals surface area contributed by atoms with Gasteiger partial charge in [-0.2, -0.15) is 13.2 Å². The fourth-order valence-electron chi connectivity index (χ4n) is 1.58. The van der Waals surface area contributed by atoms with Crippen molar-refractivity contribution in [3.8, 4) is 0 Å². The number of rotatable bonds is 3. The number of imidazole rings is 1. The van der Waals surface area contributed by atoms with E-state index < -0.39 is 5.51 Å². The molecule has 0 bridgehead atoms. The quantitative estimate of drug-likeness (QED) is 0.858. The second-order valence-corrected chi connectivity index (χ2v) is 4.94. The SMILES string of the molecule is FC(F)(F)SCCn1c(=S)[nH]c2ccccc21. The lowest BCUT2D eigenvalue weighted by molar-refractivity contribution is -0.0328. The molecule has 0 aliphatic carbocycles. The van der Waals surface area contributed by atoms with E-state index in [1.54, 1.807) is 4.57 Å². The number of fused-ring (bicyclic) bond motifs is 1. The summed E-state index contributed by atoms with van der Waals surface area (Å²) in [5, 5.41) is 0. The Hall–Kier alpha value is -0.950. The lowest BCUT2D eigenvalue weighted by atomic mass is 10.3. The van der Waals surface area contributed by atoms with Crippen LogP contribution in [0.1, 0.15) is 0 Å². The van der Waals surface area contributed by atoms with E-state index in [1.807, 2.05) is 24.3 Å². The molecule has 0 atom stereocenters. The van der Waals surface area contributed by atoms with Gasteiger partial charge in [0, 0.05) is 12.3 Å². The molecule has 0 unspecified atom stereocenters. The summed E-state index contributed by atoms with van der Waals surface area (Å²) in [5.74, 6) is -0.0420. The maximum Gasteiger partial charge on any atom is 0.441 e. The number of aromatic amines is 1. The zero-order valence-electron chi connectivity index (χ0n) is 8.62. The smallest absolute Gasteiger partial charge is 0.331 e. The van der Waals surface area contributed by atoms with Crippen LogP contribution in [-0.4, -0.2) is 20.8 Å². The number of benzene rings is 1. The molecule has 0 aliphatic rings. The predicted octanol–water partition coefficient (Wildman–Crippen LogP) is 3.95. The minimum atomic E-state index is -4.19. The Morgan fingerprint density at radius 1 is 1.29 bits per heavy atom. The second kappa shape index (κ2) is 4.73. The molecule has 0 spiro atoms. The Morgan fingerprint density at radius 3 is 2.71 bits per heavy atom. The van der Waals surface area contributed by atoms with Crippen LogP contribution >= 0.6 is 24.0 Å². The number of aromatic nitrogens is 2. The van der Waals surface area contributed by atoms with Gasteiger partial charge in [-0.1, -0.05) is 12.1 Å². The summed E-state index contributed by atoms with van der Waals surface area (Å²) in [6.07, 6.45) is 0. The molecule has 0 aliphatic heterocycles. The van der Waals surface area contributed by atoms with Gasteiger partial charge in [0.1, 0.15) is 0 Å². The molecule has 1 N–H and O–H groups in total. The monoisotopic (exact) mass is 278 g/mol. The van der Waals surface area contributed by atoms with E-state index in [1.165, 1.54) is 0 Å². The largest absolute Gasteiger partial charge is 0.441 e. The third-order valence-corrected chi connectivity index (χ3v) is 3.30. The molecule has 17 heavy (non-hydrogen) atoms. The zero-order chi connectivity index (χ0) is 12.5. The van der Waals surface area contributed by atoms with E-state index in [4.69, 9.17) is 12.2 Å². The lowest BCUT2D eigenvalue weighted by Crippen LogP contribution is -2.06. The molecule has 0 amide bonds. The summed E-state index contributed by atoms with van der Waals surface area (Å²) >= 11 is 5.04. The molecule has 0 fully saturated rings. The molecule has 7 heteroatoms. The van der Waals surface area contributed by atoms with Crippen LogP contribution in [0.5, 0.6) is 0 Å².